The fourth-order valence-electron chi connectivity index (χ4n) is 2.23. The summed E-state index contributed by atoms with van der Waals surface area (Å²) >= 11 is 0. The van der Waals surface area contributed by atoms with Crippen LogP contribution in [0.1, 0.15) is 38.0 Å². The van der Waals surface area contributed by atoms with E-state index in [-0.39, 0.29) is 18.4 Å². The number of carbonyl (C=O) groups excluding carboxylic acids is 1. The fraction of sp³-hybridized carbons (Fsp3) is 0.533. The number of phenolic OH excluding ortho intramolecular Hbond substituents is 1. The van der Waals surface area contributed by atoms with Crippen LogP contribution in [0, 0.1) is 0 Å². The topological polar surface area (TPSA) is 67.8 Å². The molecule has 1 aromatic carbocycles. The molecule has 0 saturated heterocycles. The number of carbonyl (C=O) groups is 1. The lowest BCUT2D eigenvalue weighted by molar-refractivity contribution is 0.0277. The summed E-state index contributed by atoms with van der Waals surface area (Å²) in [6.45, 7) is 6.29. The lowest BCUT2D eigenvalue weighted by Crippen LogP contribution is -2.36. The van der Waals surface area contributed by atoms with Crippen molar-refractivity contribution in [1.29, 1.82) is 0 Å². The minimum absolute atomic E-state index is 0.207. The van der Waals surface area contributed by atoms with Gasteiger partial charge >= 0.3 is 6.09 Å². The Bertz CT molecular complexity index is 493. The van der Waals surface area contributed by atoms with Crippen LogP contribution in [0.2, 0.25) is 0 Å². The third kappa shape index (κ3) is 3.63. The molecule has 5 nitrogen and oxygen atoms in total. The number of phenols is 1. The third-order valence-electron chi connectivity index (χ3n) is 3.02. The molecule has 110 valence electrons. The molecule has 20 heavy (non-hydrogen) atoms. The van der Waals surface area contributed by atoms with Gasteiger partial charge in [-0.05, 0) is 38.8 Å². The molecule has 0 aliphatic carbocycles. The molecule has 1 heterocycles. The minimum atomic E-state index is -0.530. The van der Waals surface area contributed by atoms with Crippen molar-refractivity contribution in [3.05, 3.63) is 29.3 Å². The van der Waals surface area contributed by atoms with Gasteiger partial charge in [0.15, 0.2) is 0 Å². The van der Waals surface area contributed by atoms with Crippen LogP contribution >= 0.6 is 0 Å². The predicted molar refractivity (Wildman–Crippen MR) is 74.7 cm³/mol. The maximum Gasteiger partial charge on any atom is 0.407 e. The quantitative estimate of drug-likeness (QED) is 0.873. The Labute approximate surface area is 118 Å². The standard InChI is InChI=1S/C15H21NO4/c1-15(2,3)20-14(18)16-9-12-13-10(7-8-19-12)5-4-6-11(13)17/h4-6,12,17H,7-9H2,1-3H3,(H,16,18). The van der Waals surface area contributed by atoms with E-state index in [9.17, 15) is 9.90 Å². The Kier molecular flexibility index (Phi) is 4.18. The summed E-state index contributed by atoms with van der Waals surface area (Å²) < 4.78 is 10.8. The molecule has 0 spiro atoms. The van der Waals surface area contributed by atoms with E-state index in [1.54, 1.807) is 6.07 Å². The van der Waals surface area contributed by atoms with E-state index in [0.29, 0.717) is 6.61 Å². The van der Waals surface area contributed by atoms with E-state index >= 15 is 0 Å². The summed E-state index contributed by atoms with van der Waals surface area (Å²) in [7, 11) is 0. The Morgan fingerprint density at radius 3 is 2.95 bits per heavy atom. The van der Waals surface area contributed by atoms with Gasteiger partial charge in [0.05, 0.1) is 13.2 Å². The number of aromatic hydroxyl groups is 1. The maximum atomic E-state index is 11.6. The van der Waals surface area contributed by atoms with Crippen LogP contribution in [0.4, 0.5) is 4.79 Å². The van der Waals surface area contributed by atoms with Crippen molar-refractivity contribution in [2.45, 2.75) is 38.9 Å². The van der Waals surface area contributed by atoms with E-state index in [4.69, 9.17) is 9.47 Å². The Morgan fingerprint density at radius 2 is 2.25 bits per heavy atom. The van der Waals surface area contributed by atoms with Crippen LogP contribution in [0.5, 0.6) is 5.75 Å². The number of alkyl carbamates (subject to hydrolysis) is 1. The largest absolute Gasteiger partial charge is 0.508 e. The molecule has 1 aliphatic rings. The van der Waals surface area contributed by atoms with Gasteiger partial charge in [0.2, 0.25) is 0 Å². The zero-order valence-corrected chi connectivity index (χ0v) is 12.1. The number of fused-ring (bicyclic) bond motifs is 1. The van der Waals surface area contributed by atoms with Crippen molar-refractivity contribution in [2.75, 3.05) is 13.2 Å². The smallest absolute Gasteiger partial charge is 0.407 e. The summed E-state index contributed by atoms with van der Waals surface area (Å²) in [5.74, 6) is 0.207. The predicted octanol–water partition coefficient (Wildman–Crippen LogP) is 2.53. The molecule has 0 saturated carbocycles. The number of ether oxygens (including phenoxy) is 2. The third-order valence-corrected chi connectivity index (χ3v) is 3.02. The fourth-order valence-corrected chi connectivity index (χ4v) is 2.23. The van der Waals surface area contributed by atoms with Crippen molar-refractivity contribution in [2.24, 2.45) is 0 Å². The molecular formula is C15H21NO4. The maximum absolute atomic E-state index is 11.6. The zero-order valence-electron chi connectivity index (χ0n) is 12.1. The first-order valence-corrected chi connectivity index (χ1v) is 6.76. The molecule has 0 aromatic heterocycles. The van der Waals surface area contributed by atoms with Gasteiger partial charge < -0.3 is 19.9 Å². The van der Waals surface area contributed by atoms with Crippen molar-refractivity contribution in [3.8, 4) is 5.75 Å². The first-order chi connectivity index (χ1) is 9.37. The average molecular weight is 279 g/mol. The second-order valence-electron chi connectivity index (χ2n) is 5.84. The number of hydrogen-bond donors (Lipinski definition) is 2. The summed E-state index contributed by atoms with van der Waals surface area (Å²) in [6, 6.07) is 5.42. The highest BCUT2D eigenvalue weighted by atomic mass is 16.6. The molecule has 1 unspecified atom stereocenters. The van der Waals surface area contributed by atoms with Crippen LogP contribution in [0.3, 0.4) is 0 Å². The molecule has 1 atom stereocenters. The van der Waals surface area contributed by atoms with Gasteiger partial charge in [0.1, 0.15) is 17.5 Å². The van der Waals surface area contributed by atoms with Crippen LogP contribution < -0.4 is 5.32 Å². The molecular weight excluding hydrogens is 258 g/mol. The number of nitrogens with one attached hydrogen (secondary N) is 1. The lowest BCUT2D eigenvalue weighted by atomic mass is 9.96. The first kappa shape index (κ1) is 14.7. The summed E-state index contributed by atoms with van der Waals surface area (Å²) in [4.78, 5) is 11.6. The molecule has 1 aromatic rings. The Hall–Kier alpha value is -1.75. The molecule has 0 radical (unpaired) electrons. The second-order valence-corrected chi connectivity index (χ2v) is 5.84. The lowest BCUT2D eigenvalue weighted by Gasteiger charge is -2.27. The van der Waals surface area contributed by atoms with Gasteiger partial charge in [-0.25, -0.2) is 4.79 Å². The zero-order chi connectivity index (χ0) is 14.8. The van der Waals surface area contributed by atoms with E-state index in [1.807, 2.05) is 32.9 Å². The van der Waals surface area contributed by atoms with Gasteiger partial charge in [-0.1, -0.05) is 12.1 Å². The summed E-state index contributed by atoms with van der Waals surface area (Å²) in [5, 5.41) is 12.6. The molecule has 5 heteroatoms. The van der Waals surface area contributed by atoms with Gasteiger partial charge in [0, 0.05) is 5.56 Å². The number of amides is 1. The van der Waals surface area contributed by atoms with E-state index in [1.165, 1.54) is 0 Å². The average Bonchev–Trinajstić information content (AvgIpc) is 2.34. The Morgan fingerprint density at radius 1 is 1.50 bits per heavy atom. The van der Waals surface area contributed by atoms with E-state index in [0.717, 1.165) is 17.5 Å². The molecule has 2 rings (SSSR count). The van der Waals surface area contributed by atoms with Crippen LogP contribution in [0.15, 0.2) is 18.2 Å². The van der Waals surface area contributed by atoms with Crippen LogP contribution in [0.25, 0.3) is 0 Å². The highest BCUT2D eigenvalue weighted by molar-refractivity contribution is 5.67. The first-order valence-electron chi connectivity index (χ1n) is 6.76. The minimum Gasteiger partial charge on any atom is -0.508 e. The SMILES string of the molecule is CC(C)(C)OC(=O)NCC1OCCc2cccc(O)c21. The van der Waals surface area contributed by atoms with E-state index < -0.39 is 11.7 Å². The van der Waals surface area contributed by atoms with Crippen LogP contribution in [-0.4, -0.2) is 30.0 Å². The van der Waals surface area contributed by atoms with Crippen molar-refractivity contribution < 1.29 is 19.4 Å². The van der Waals surface area contributed by atoms with Gasteiger partial charge in [-0.2, -0.15) is 0 Å². The normalized spacial score (nSPS) is 18.2. The number of rotatable bonds is 2. The summed E-state index contributed by atoms with van der Waals surface area (Å²) in [5.41, 5.74) is 1.29. The Balaban J connectivity index is 2.01. The van der Waals surface area contributed by atoms with Crippen molar-refractivity contribution >= 4 is 6.09 Å². The molecule has 1 aliphatic heterocycles. The van der Waals surface area contributed by atoms with Gasteiger partial charge in [-0.3, -0.25) is 0 Å². The highest BCUT2D eigenvalue weighted by Crippen LogP contribution is 2.33. The van der Waals surface area contributed by atoms with Crippen molar-refractivity contribution in [3.63, 3.8) is 0 Å². The van der Waals surface area contributed by atoms with Gasteiger partial charge in [-0.15, -0.1) is 0 Å². The number of benzene rings is 1. The molecule has 2 N–H and O–H groups in total. The second kappa shape index (κ2) is 5.71. The molecule has 0 bridgehead atoms. The van der Waals surface area contributed by atoms with Crippen molar-refractivity contribution in [1.82, 2.24) is 5.32 Å². The van der Waals surface area contributed by atoms with Crippen LogP contribution in [-0.2, 0) is 15.9 Å². The monoisotopic (exact) mass is 279 g/mol. The van der Waals surface area contributed by atoms with E-state index in [2.05, 4.69) is 5.32 Å². The van der Waals surface area contributed by atoms with Gasteiger partial charge in [0.25, 0.3) is 0 Å². The summed E-state index contributed by atoms with van der Waals surface area (Å²) in [6.07, 6.45) is -0.0525. The molecule has 1 amide bonds. The number of hydrogen-bond acceptors (Lipinski definition) is 4. The molecule has 0 fully saturated rings. The highest BCUT2D eigenvalue weighted by Gasteiger charge is 2.25.